The van der Waals surface area contributed by atoms with E-state index in [1.54, 1.807) is 0 Å². The second kappa shape index (κ2) is 7.54. The third-order valence-electron chi connectivity index (χ3n) is 4.24. The minimum absolute atomic E-state index is 0.243. The number of hydrogen-bond acceptors (Lipinski definition) is 3. The average Bonchev–Trinajstić information content (AvgIpc) is 2.55. The average molecular weight is 299 g/mol. The standard InChI is InChI=1S/C19H25NO2/c1-19(2,18(22)15-21)20(13-16-9-5-3-6-10-16)14-17-11-7-4-8-12-17/h3-12,18,21-22H,13-15H2,1-2H3/t18-/m0/s1. The molecular formula is C19H25NO2. The molecule has 0 radical (unpaired) electrons. The van der Waals surface area contributed by atoms with Crippen molar-refractivity contribution < 1.29 is 10.2 Å². The summed E-state index contributed by atoms with van der Waals surface area (Å²) < 4.78 is 0. The molecule has 0 aliphatic heterocycles. The van der Waals surface area contributed by atoms with E-state index >= 15 is 0 Å². The van der Waals surface area contributed by atoms with Gasteiger partial charge in [0.15, 0.2) is 0 Å². The van der Waals surface area contributed by atoms with E-state index in [0.29, 0.717) is 0 Å². The van der Waals surface area contributed by atoms with E-state index < -0.39 is 11.6 Å². The Labute approximate surface area is 132 Å². The maximum atomic E-state index is 10.2. The lowest BCUT2D eigenvalue weighted by molar-refractivity contribution is -0.0459. The summed E-state index contributed by atoms with van der Waals surface area (Å²) in [6.07, 6.45) is -0.792. The Kier molecular flexibility index (Phi) is 5.72. The summed E-state index contributed by atoms with van der Waals surface area (Å²) in [5, 5.41) is 19.6. The van der Waals surface area contributed by atoms with Crippen LogP contribution in [0.2, 0.25) is 0 Å². The van der Waals surface area contributed by atoms with E-state index in [9.17, 15) is 10.2 Å². The fraction of sp³-hybridized carbons (Fsp3) is 0.368. The van der Waals surface area contributed by atoms with E-state index in [1.165, 1.54) is 11.1 Å². The highest BCUT2D eigenvalue weighted by Gasteiger charge is 2.34. The molecule has 0 bridgehead atoms. The maximum Gasteiger partial charge on any atom is 0.0948 e. The van der Waals surface area contributed by atoms with Crippen LogP contribution in [0.4, 0.5) is 0 Å². The van der Waals surface area contributed by atoms with Crippen LogP contribution < -0.4 is 0 Å². The first-order chi connectivity index (χ1) is 10.5. The van der Waals surface area contributed by atoms with Gasteiger partial charge in [-0.2, -0.15) is 0 Å². The Morgan fingerprint density at radius 1 is 0.864 bits per heavy atom. The van der Waals surface area contributed by atoms with Crippen molar-refractivity contribution in [2.75, 3.05) is 6.61 Å². The van der Waals surface area contributed by atoms with Crippen LogP contribution in [0.1, 0.15) is 25.0 Å². The van der Waals surface area contributed by atoms with Crippen LogP contribution in [-0.2, 0) is 13.1 Å². The molecule has 0 aromatic heterocycles. The predicted molar refractivity (Wildman–Crippen MR) is 89.3 cm³/mol. The predicted octanol–water partition coefficient (Wildman–Crippen LogP) is 2.82. The van der Waals surface area contributed by atoms with Crippen LogP contribution in [0.25, 0.3) is 0 Å². The van der Waals surface area contributed by atoms with E-state index in [2.05, 4.69) is 29.2 Å². The number of hydrogen-bond donors (Lipinski definition) is 2. The molecule has 0 fully saturated rings. The van der Waals surface area contributed by atoms with Gasteiger partial charge in [-0.15, -0.1) is 0 Å². The van der Waals surface area contributed by atoms with Gasteiger partial charge in [0.25, 0.3) is 0 Å². The molecule has 0 amide bonds. The summed E-state index contributed by atoms with van der Waals surface area (Å²) in [6, 6.07) is 20.4. The SMILES string of the molecule is CC(C)([C@@H](O)CO)N(Cc1ccccc1)Cc1ccccc1. The normalized spacial score (nSPS) is 13.3. The van der Waals surface area contributed by atoms with Crippen LogP contribution in [0.5, 0.6) is 0 Å². The molecule has 118 valence electrons. The molecule has 2 aromatic rings. The maximum absolute atomic E-state index is 10.2. The summed E-state index contributed by atoms with van der Waals surface area (Å²) in [6.45, 7) is 5.15. The van der Waals surface area contributed by atoms with Gasteiger partial charge in [0, 0.05) is 18.6 Å². The smallest absolute Gasteiger partial charge is 0.0948 e. The molecule has 22 heavy (non-hydrogen) atoms. The van der Waals surface area contributed by atoms with Crippen molar-refractivity contribution in [3.05, 3.63) is 71.8 Å². The number of aliphatic hydroxyl groups is 2. The first-order valence-electron chi connectivity index (χ1n) is 7.66. The summed E-state index contributed by atoms with van der Waals surface area (Å²) in [5.74, 6) is 0. The fourth-order valence-electron chi connectivity index (χ4n) is 2.51. The molecule has 2 aromatic carbocycles. The van der Waals surface area contributed by atoms with Gasteiger partial charge in [-0.25, -0.2) is 0 Å². The van der Waals surface area contributed by atoms with Crippen molar-refractivity contribution in [3.8, 4) is 0 Å². The molecule has 0 saturated heterocycles. The Hall–Kier alpha value is -1.68. The van der Waals surface area contributed by atoms with Crippen LogP contribution in [0.3, 0.4) is 0 Å². The Morgan fingerprint density at radius 2 is 1.27 bits per heavy atom. The summed E-state index contributed by atoms with van der Waals surface area (Å²) >= 11 is 0. The second-order valence-electron chi connectivity index (χ2n) is 6.18. The van der Waals surface area contributed by atoms with Crippen LogP contribution in [0, 0.1) is 0 Å². The minimum atomic E-state index is -0.792. The molecule has 0 unspecified atom stereocenters. The van der Waals surface area contributed by atoms with E-state index in [1.807, 2.05) is 50.2 Å². The van der Waals surface area contributed by atoms with Gasteiger partial charge in [0.1, 0.15) is 0 Å². The molecular weight excluding hydrogens is 274 g/mol. The van der Waals surface area contributed by atoms with Gasteiger partial charge in [-0.3, -0.25) is 4.90 Å². The van der Waals surface area contributed by atoms with Gasteiger partial charge < -0.3 is 10.2 Å². The van der Waals surface area contributed by atoms with E-state index in [0.717, 1.165) is 13.1 Å². The zero-order valence-corrected chi connectivity index (χ0v) is 13.3. The lowest BCUT2D eigenvalue weighted by Gasteiger charge is -2.41. The van der Waals surface area contributed by atoms with Crippen molar-refractivity contribution >= 4 is 0 Å². The zero-order valence-electron chi connectivity index (χ0n) is 13.3. The monoisotopic (exact) mass is 299 g/mol. The third kappa shape index (κ3) is 4.17. The van der Waals surface area contributed by atoms with Gasteiger partial charge in [0.2, 0.25) is 0 Å². The third-order valence-corrected chi connectivity index (χ3v) is 4.24. The van der Waals surface area contributed by atoms with Crippen molar-refractivity contribution in [3.63, 3.8) is 0 Å². The lowest BCUT2D eigenvalue weighted by atomic mass is 9.93. The summed E-state index contributed by atoms with van der Waals surface area (Å²) in [5.41, 5.74) is 1.86. The van der Waals surface area contributed by atoms with Gasteiger partial charge in [-0.05, 0) is 25.0 Å². The quantitative estimate of drug-likeness (QED) is 0.826. The Morgan fingerprint density at radius 3 is 1.64 bits per heavy atom. The van der Waals surface area contributed by atoms with Gasteiger partial charge in [0.05, 0.1) is 12.7 Å². The molecule has 0 spiro atoms. The molecule has 3 heteroatoms. The Balaban J connectivity index is 2.24. The molecule has 0 heterocycles. The first-order valence-corrected chi connectivity index (χ1v) is 7.66. The fourth-order valence-corrected chi connectivity index (χ4v) is 2.51. The van der Waals surface area contributed by atoms with Gasteiger partial charge in [-0.1, -0.05) is 60.7 Å². The number of benzene rings is 2. The summed E-state index contributed by atoms with van der Waals surface area (Å²) in [4.78, 5) is 2.21. The van der Waals surface area contributed by atoms with Crippen molar-refractivity contribution in [1.82, 2.24) is 4.90 Å². The minimum Gasteiger partial charge on any atom is -0.394 e. The Bertz CT molecular complexity index is 513. The van der Waals surface area contributed by atoms with Crippen LogP contribution in [-0.4, -0.2) is 33.4 Å². The molecule has 2 rings (SSSR count). The van der Waals surface area contributed by atoms with Crippen LogP contribution >= 0.6 is 0 Å². The van der Waals surface area contributed by atoms with Crippen LogP contribution in [0.15, 0.2) is 60.7 Å². The van der Waals surface area contributed by atoms with Crippen molar-refractivity contribution in [2.45, 2.75) is 38.6 Å². The first kappa shape index (κ1) is 16.7. The number of nitrogens with zero attached hydrogens (tertiary/aromatic N) is 1. The number of rotatable bonds is 7. The molecule has 1 atom stereocenters. The van der Waals surface area contributed by atoms with E-state index in [4.69, 9.17) is 0 Å². The van der Waals surface area contributed by atoms with E-state index in [-0.39, 0.29) is 6.61 Å². The zero-order chi connectivity index (χ0) is 16.0. The topological polar surface area (TPSA) is 43.7 Å². The largest absolute Gasteiger partial charge is 0.394 e. The van der Waals surface area contributed by atoms with Crippen molar-refractivity contribution in [2.24, 2.45) is 0 Å². The highest BCUT2D eigenvalue weighted by atomic mass is 16.3. The highest BCUT2D eigenvalue weighted by molar-refractivity contribution is 5.18. The molecule has 2 N–H and O–H groups in total. The molecule has 0 aliphatic carbocycles. The molecule has 3 nitrogen and oxygen atoms in total. The van der Waals surface area contributed by atoms with Gasteiger partial charge >= 0.3 is 0 Å². The molecule has 0 saturated carbocycles. The lowest BCUT2D eigenvalue weighted by Crippen LogP contribution is -2.53. The second-order valence-corrected chi connectivity index (χ2v) is 6.18. The number of aliphatic hydroxyl groups excluding tert-OH is 2. The summed E-state index contributed by atoms with van der Waals surface area (Å²) in [7, 11) is 0. The van der Waals surface area contributed by atoms with Crippen molar-refractivity contribution in [1.29, 1.82) is 0 Å². The highest BCUT2D eigenvalue weighted by Crippen LogP contribution is 2.24. The molecule has 0 aliphatic rings.